The summed E-state index contributed by atoms with van der Waals surface area (Å²) in [5.74, 6) is 1.10. The maximum Gasteiger partial charge on any atom is 0.338 e. The summed E-state index contributed by atoms with van der Waals surface area (Å²) in [6.07, 6.45) is 5.82. The Morgan fingerprint density at radius 1 is 1.24 bits per heavy atom. The van der Waals surface area contributed by atoms with Crippen molar-refractivity contribution in [2.75, 3.05) is 7.11 Å². The second kappa shape index (κ2) is 9.25. The van der Waals surface area contributed by atoms with Crippen molar-refractivity contribution >= 4 is 28.8 Å². The van der Waals surface area contributed by atoms with Gasteiger partial charge in [0.15, 0.2) is 5.17 Å². The van der Waals surface area contributed by atoms with E-state index in [9.17, 15) is 9.59 Å². The van der Waals surface area contributed by atoms with Gasteiger partial charge < -0.3 is 15.0 Å². The Morgan fingerprint density at radius 2 is 2.06 bits per heavy atom. The van der Waals surface area contributed by atoms with E-state index in [1.165, 1.54) is 43.7 Å². The zero-order valence-electron chi connectivity index (χ0n) is 20.4. The lowest BCUT2D eigenvalue weighted by Gasteiger charge is -2.37. The summed E-state index contributed by atoms with van der Waals surface area (Å²) in [4.78, 5) is 33.1. The number of amidine groups is 1. The molecule has 180 valence electrons. The number of nitrogens with one attached hydrogen (secondary N) is 1. The summed E-state index contributed by atoms with van der Waals surface area (Å²) >= 11 is 1.53. The Morgan fingerprint density at radius 3 is 2.71 bits per heavy atom. The van der Waals surface area contributed by atoms with Crippen molar-refractivity contribution in [1.82, 2.24) is 10.2 Å². The van der Waals surface area contributed by atoms with Gasteiger partial charge in [-0.1, -0.05) is 48.9 Å². The third-order valence-electron chi connectivity index (χ3n) is 7.78. The van der Waals surface area contributed by atoms with Crippen molar-refractivity contribution in [3.8, 4) is 0 Å². The lowest BCUT2D eigenvalue weighted by molar-refractivity contribution is -0.136. The number of hydrogen-bond donors (Lipinski definition) is 1. The van der Waals surface area contributed by atoms with Crippen LogP contribution in [0.5, 0.6) is 0 Å². The highest BCUT2D eigenvalue weighted by molar-refractivity contribution is 8.16. The van der Waals surface area contributed by atoms with Crippen molar-refractivity contribution in [3.05, 3.63) is 57.3 Å². The molecule has 2 aliphatic heterocycles. The number of rotatable bonds is 6. The van der Waals surface area contributed by atoms with Crippen LogP contribution in [0.2, 0.25) is 0 Å². The molecule has 0 spiro atoms. The average molecular weight is 480 g/mol. The minimum atomic E-state index is -0.368. The molecule has 4 aliphatic rings. The van der Waals surface area contributed by atoms with Gasteiger partial charge in [-0.25, -0.2) is 9.79 Å². The van der Waals surface area contributed by atoms with Gasteiger partial charge in [0.2, 0.25) is 5.91 Å². The SMILES string of the molecule is CCC1=C(C(=O)OC)[C@@H](c2ccc(C)cc2C)N2C(CC(=O)N[C@H]3C[C@H]4CC[C@H]3C4)=CSC2=N1. The van der Waals surface area contributed by atoms with Crippen molar-refractivity contribution < 1.29 is 14.3 Å². The molecule has 1 N–H and O–H groups in total. The van der Waals surface area contributed by atoms with Gasteiger partial charge in [0.05, 0.1) is 30.8 Å². The van der Waals surface area contributed by atoms with Crippen molar-refractivity contribution in [1.29, 1.82) is 0 Å². The third-order valence-corrected chi connectivity index (χ3v) is 8.66. The largest absolute Gasteiger partial charge is 0.466 e. The highest BCUT2D eigenvalue weighted by atomic mass is 32.2. The lowest BCUT2D eigenvalue weighted by Crippen LogP contribution is -2.41. The number of nitrogens with zero attached hydrogens (tertiary/aromatic N) is 2. The van der Waals surface area contributed by atoms with Gasteiger partial charge in [-0.15, -0.1) is 0 Å². The summed E-state index contributed by atoms with van der Waals surface area (Å²) in [7, 11) is 1.42. The molecule has 2 heterocycles. The first kappa shape index (κ1) is 23.2. The number of carbonyl (C=O) groups excluding carboxylic acids is 2. The molecule has 0 unspecified atom stereocenters. The van der Waals surface area contributed by atoms with Crippen LogP contribution in [0.1, 0.15) is 68.2 Å². The fourth-order valence-electron chi connectivity index (χ4n) is 6.18. The molecule has 1 aromatic rings. The Bertz CT molecular complexity index is 1120. The number of methoxy groups -OCH3 is 1. The fourth-order valence-corrected chi connectivity index (χ4v) is 7.12. The van der Waals surface area contributed by atoms with Crippen molar-refractivity contribution in [2.45, 2.75) is 71.4 Å². The van der Waals surface area contributed by atoms with Crippen LogP contribution in [-0.4, -0.2) is 35.1 Å². The predicted molar refractivity (Wildman–Crippen MR) is 135 cm³/mol. The van der Waals surface area contributed by atoms with Gasteiger partial charge in [0.1, 0.15) is 0 Å². The maximum atomic E-state index is 13.1. The van der Waals surface area contributed by atoms with Gasteiger partial charge in [-0.3, -0.25) is 4.79 Å². The molecule has 2 saturated carbocycles. The van der Waals surface area contributed by atoms with Crippen LogP contribution in [-0.2, 0) is 14.3 Å². The predicted octanol–water partition coefficient (Wildman–Crippen LogP) is 5.14. The molecular weight excluding hydrogens is 446 g/mol. The smallest absolute Gasteiger partial charge is 0.338 e. The molecule has 0 radical (unpaired) electrons. The summed E-state index contributed by atoms with van der Waals surface area (Å²) in [5.41, 5.74) is 5.49. The second-order valence-electron chi connectivity index (χ2n) is 9.99. The molecule has 0 aromatic heterocycles. The van der Waals surface area contributed by atoms with E-state index in [4.69, 9.17) is 9.73 Å². The first-order valence-corrected chi connectivity index (χ1v) is 13.2. The molecule has 5 rings (SSSR count). The zero-order chi connectivity index (χ0) is 24.0. The van der Waals surface area contributed by atoms with Crippen molar-refractivity contribution in [2.24, 2.45) is 16.8 Å². The zero-order valence-corrected chi connectivity index (χ0v) is 21.2. The summed E-state index contributed by atoms with van der Waals surface area (Å²) in [6, 6.07) is 6.23. The van der Waals surface area contributed by atoms with Crippen LogP contribution in [0, 0.1) is 25.7 Å². The van der Waals surface area contributed by atoms with Crippen LogP contribution in [0.4, 0.5) is 0 Å². The molecule has 0 saturated heterocycles. The summed E-state index contributed by atoms with van der Waals surface area (Å²) in [5, 5.41) is 6.15. The van der Waals surface area contributed by atoms with Crippen LogP contribution < -0.4 is 5.32 Å². The number of amides is 1. The van der Waals surface area contributed by atoms with Gasteiger partial charge in [0.25, 0.3) is 0 Å². The van der Waals surface area contributed by atoms with E-state index in [0.717, 1.165) is 40.0 Å². The standard InChI is InChI=1S/C27H33N3O3S/c1-5-21-24(26(32)33-4)25(20-9-6-15(2)10-16(20)3)30-19(14-34-27(30)29-21)13-23(31)28-22-12-17-7-8-18(22)11-17/h6,9-10,14,17-18,22,25H,5,7-8,11-13H2,1-4H3,(H,28,31)/t17-,18-,22-,25+/m0/s1. The Kier molecular flexibility index (Phi) is 6.32. The van der Waals surface area contributed by atoms with Crippen LogP contribution >= 0.6 is 11.8 Å². The monoisotopic (exact) mass is 479 g/mol. The van der Waals surface area contributed by atoms with E-state index in [0.29, 0.717) is 24.0 Å². The van der Waals surface area contributed by atoms with E-state index in [2.05, 4.69) is 42.3 Å². The quantitative estimate of drug-likeness (QED) is 0.573. The number of thioether (sulfide) groups is 1. The summed E-state index contributed by atoms with van der Waals surface area (Å²) in [6.45, 7) is 6.15. The molecule has 1 amide bonds. The fraction of sp³-hybridized carbons (Fsp3) is 0.519. The molecule has 2 aliphatic carbocycles. The van der Waals surface area contributed by atoms with E-state index in [-0.39, 0.29) is 24.3 Å². The van der Waals surface area contributed by atoms with Crippen LogP contribution in [0.25, 0.3) is 0 Å². The Labute approximate surface area is 205 Å². The minimum absolute atomic E-state index is 0.0508. The highest BCUT2D eigenvalue weighted by Gasteiger charge is 2.43. The minimum Gasteiger partial charge on any atom is -0.466 e. The lowest BCUT2D eigenvalue weighted by atomic mass is 9.89. The van der Waals surface area contributed by atoms with Gasteiger partial charge in [-0.2, -0.15) is 0 Å². The first-order chi connectivity index (χ1) is 16.4. The maximum absolute atomic E-state index is 13.1. The molecule has 1 aromatic carbocycles. The molecule has 34 heavy (non-hydrogen) atoms. The van der Waals surface area contributed by atoms with Crippen LogP contribution in [0.3, 0.4) is 0 Å². The first-order valence-electron chi connectivity index (χ1n) is 12.3. The second-order valence-corrected chi connectivity index (χ2v) is 10.8. The number of hydrogen-bond acceptors (Lipinski definition) is 6. The Hall–Kier alpha value is -2.54. The average Bonchev–Trinajstić information content (AvgIpc) is 3.54. The molecule has 4 atom stereocenters. The van der Waals surface area contributed by atoms with Gasteiger partial charge >= 0.3 is 5.97 Å². The van der Waals surface area contributed by atoms with Gasteiger partial charge in [0, 0.05) is 11.7 Å². The van der Waals surface area contributed by atoms with E-state index in [1.54, 1.807) is 0 Å². The number of esters is 1. The number of allylic oxidation sites excluding steroid dienone is 1. The number of aliphatic imine (C=N–C) groups is 1. The van der Waals surface area contributed by atoms with Crippen molar-refractivity contribution in [3.63, 3.8) is 0 Å². The number of carbonyl (C=O) groups is 2. The third kappa shape index (κ3) is 4.08. The highest BCUT2D eigenvalue weighted by Crippen LogP contribution is 2.47. The number of aryl methyl sites for hydroxylation is 2. The normalized spacial score (nSPS) is 27.5. The molecular formula is C27H33N3O3S. The molecule has 2 bridgehead atoms. The molecule has 6 nitrogen and oxygen atoms in total. The van der Waals surface area contributed by atoms with Gasteiger partial charge in [-0.05, 0) is 67.9 Å². The number of benzene rings is 1. The number of ether oxygens (including phenoxy) is 1. The molecule has 2 fully saturated rings. The topological polar surface area (TPSA) is 71.0 Å². The summed E-state index contributed by atoms with van der Waals surface area (Å²) < 4.78 is 5.22. The van der Waals surface area contributed by atoms with E-state index < -0.39 is 0 Å². The molecule has 7 heteroatoms. The number of fused-ring (bicyclic) bond motifs is 3. The van der Waals surface area contributed by atoms with E-state index in [1.807, 2.05) is 12.3 Å². The van der Waals surface area contributed by atoms with E-state index >= 15 is 0 Å². The Balaban J connectivity index is 1.46. The van der Waals surface area contributed by atoms with Crippen LogP contribution in [0.15, 0.2) is 45.6 Å².